The number of anilines is 2. The summed E-state index contributed by atoms with van der Waals surface area (Å²) in [5.74, 6) is 6.23. The second-order valence-corrected chi connectivity index (χ2v) is 4.61. The van der Waals surface area contributed by atoms with Crippen molar-refractivity contribution in [2.24, 2.45) is 5.84 Å². The minimum Gasteiger partial charge on any atom is -0.347 e. The van der Waals surface area contributed by atoms with Gasteiger partial charge in [0.1, 0.15) is 0 Å². The van der Waals surface area contributed by atoms with E-state index < -0.39 is 0 Å². The van der Waals surface area contributed by atoms with Gasteiger partial charge in [-0.05, 0) is 23.9 Å². The molecule has 0 aliphatic carbocycles. The first-order valence-corrected chi connectivity index (χ1v) is 5.98. The Kier molecular flexibility index (Phi) is 3.90. The number of aromatic nitrogens is 4. The average molecular weight is 263 g/mol. The fraction of sp³-hybridized carbons (Fsp3) is 0.200. The van der Waals surface area contributed by atoms with Crippen LogP contribution in [0, 0.1) is 0 Å². The Labute approximate surface area is 109 Å². The molecular weight excluding hydrogens is 250 g/mol. The van der Waals surface area contributed by atoms with Crippen molar-refractivity contribution in [3.8, 4) is 0 Å². The lowest BCUT2D eigenvalue weighted by molar-refractivity contribution is 0.865. The molecule has 0 atom stereocenters. The number of hydrogen-bond donors (Lipinski definition) is 2. The molecule has 0 saturated carbocycles. The summed E-state index contributed by atoms with van der Waals surface area (Å²) >= 11 is 1.42. The Morgan fingerprint density at radius 2 is 1.89 bits per heavy atom. The first-order chi connectivity index (χ1) is 8.69. The van der Waals surface area contributed by atoms with Crippen molar-refractivity contribution in [3.63, 3.8) is 0 Å². The Balaban J connectivity index is 2.30. The lowest BCUT2D eigenvalue weighted by Gasteiger charge is -2.11. The number of hydrogen-bond acceptors (Lipinski definition) is 8. The van der Waals surface area contributed by atoms with Crippen molar-refractivity contribution >= 4 is 23.7 Å². The van der Waals surface area contributed by atoms with E-state index >= 15 is 0 Å². The van der Waals surface area contributed by atoms with E-state index in [1.54, 1.807) is 17.3 Å². The summed E-state index contributed by atoms with van der Waals surface area (Å²) in [6.45, 7) is 0. The summed E-state index contributed by atoms with van der Waals surface area (Å²) in [6, 6.07) is 3.78. The van der Waals surface area contributed by atoms with Crippen LogP contribution in [0.3, 0.4) is 0 Å². The first-order valence-electron chi connectivity index (χ1n) is 5.17. The van der Waals surface area contributed by atoms with Gasteiger partial charge in [-0.3, -0.25) is 10.4 Å². The third kappa shape index (κ3) is 3.05. The van der Waals surface area contributed by atoms with Crippen LogP contribution in [-0.2, 0) is 0 Å². The van der Waals surface area contributed by atoms with Gasteiger partial charge in [0, 0.05) is 31.4 Å². The maximum Gasteiger partial charge on any atom is 0.242 e. The van der Waals surface area contributed by atoms with Gasteiger partial charge in [0.2, 0.25) is 11.9 Å². The number of nitrogen functional groups attached to an aromatic ring is 1. The third-order valence-electron chi connectivity index (χ3n) is 1.99. The second kappa shape index (κ2) is 5.61. The van der Waals surface area contributed by atoms with E-state index in [4.69, 9.17) is 5.84 Å². The Morgan fingerprint density at radius 3 is 2.50 bits per heavy atom. The monoisotopic (exact) mass is 263 g/mol. The number of nitrogens with one attached hydrogen (secondary N) is 1. The molecule has 0 fully saturated rings. The summed E-state index contributed by atoms with van der Waals surface area (Å²) in [6.07, 6.45) is 3.44. The molecule has 8 heteroatoms. The predicted molar refractivity (Wildman–Crippen MR) is 70.3 cm³/mol. The highest BCUT2D eigenvalue weighted by Gasteiger charge is 2.08. The Morgan fingerprint density at radius 1 is 1.17 bits per heavy atom. The van der Waals surface area contributed by atoms with Gasteiger partial charge >= 0.3 is 0 Å². The molecule has 18 heavy (non-hydrogen) atoms. The van der Waals surface area contributed by atoms with Crippen LogP contribution in [0.15, 0.2) is 34.6 Å². The van der Waals surface area contributed by atoms with Crippen LogP contribution in [0.2, 0.25) is 0 Å². The smallest absolute Gasteiger partial charge is 0.242 e. The molecule has 94 valence electrons. The molecule has 0 aliphatic rings. The largest absolute Gasteiger partial charge is 0.347 e. The van der Waals surface area contributed by atoms with Crippen molar-refractivity contribution < 1.29 is 0 Å². The number of pyridine rings is 1. The number of hydrazine groups is 1. The molecule has 0 bridgehead atoms. The minimum absolute atomic E-state index is 0.338. The highest BCUT2D eigenvalue weighted by Crippen LogP contribution is 2.25. The van der Waals surface area contributed by atoms with E-state index in [9.17, 15) is 0 Å². The minimum atomic E-state index is 0.338. The molecule has 3 N–H and O–H groups in total. The first kappa shape index (κ1) is 12.5. The second-order valence-electron chi connectivity index (χ2n) is 3.57. The predicted octanol–water partition coefficient (Wildman–Crippen LogP) is 0.769. The molecule has 0 radical (unpaired) electrons. The maximum atomic E-state index is 5.34. The van der Waals surface area contributed by atoms with E-state index in [1.165, 1.54) is 11.8 Å². The normalized spacial score (nSPS) is 10.2. The number of rotatable bonds is 4. The average Bonchev–Trinajstić information content (AvgIpc) is 2.39. The quantitative estimate of drug-likeness (QED) is 0.617. The topological polar surface area (TPSA) is 92.9 Å². The molecule has 0 amide bonds. The van der Waals surface area contributed by atoms with E-state index in [-0.39, 0.29) is 0 Å². The van der Waals surface area contributed by atoms with Crippen molar-refractivity contribution in [1.29, 1.82) is 0 Å². The number of nitrogens with two attached hydrogens (primary N) is 1. The van der Waals surface area contributed by atoms with E-state index in [2.05, 4.69) is 25.4 Å². The summed E-state index contributed by atoms with van der Waals surface area (Å²) in [4.78, 5) is 19.4. The molecule has 0 aliphatic heterocycles. The molecule has 2 aromatic rings. The van der Waals surface area contributed by atoms with Gasteiger partial charge < -0.3 is 4.90 Å². The van der Waals surface area contributed by atoms with Gasteiger partial charge in [-0.25, -0.2) is 5.84 Å². The van der Waals surface area contributed by atoms with Crippen LogP contribution in [0.25, 0.3) is 0 Å². The molecule has 2 heterocycles. The summed E-state index contributed by atoms with van der Waals surface area (Å²) < 4.78 is 0. The molecule has 2 aromatic heterocycles. The summed E-state index contributed by atoms with van der Waals surface area (Å²) in [5, 5.41) is 0.577. The van der Waals surface area contributed by atoms with Crippen LogP contribution < -0.4 is 16.2 Å². The summed E-state index contributed by atoms with van der Waals surface area (Å²) in [5.41, 5.74) is 2.43. The van der Waals surface area contributed by atoms with Gasteiger partial charge in [-0.15, -0.1) is 0 Å². The van der Waals surface area contributed by atoms with E-state index in [1.807, 2.05) is 26.2 Å². The fourth-order valence-electron chi connectivity index (χ4n) is 1.17. The van der Waals surface area contributed by atoms with Crippen molar-refractivity contribution in [3.05, 3.63) is 24.5 Å². The maximum absolute atomic E-state index is 5.34. The molecule has 0 spiro atoms. The van der Waals surface area contributed by atoms with Crippen molar-refractivity contribution in [2.75, 3.05) is 24.4 Å². The highest BCUT2D eigenvalue weighted by atomic mass is 32.2. The molecule has 0 aromatic carbocycles. The van der Waals surface area contributed by atoms with Gasteiger partial charge in [0.15, 0.2) is 5.16 Å². The van der Waals surface area contributed by atoms with Gasteiger partial charge in [0.25, 0.3) is 0 Å². The summed E-state index contributed by atoms with van der Waals surface area (Å²) in [7, 11) is 3.72. The van der Waals surface area contributed by atoms with Crippen LogP contribution in [0.5, 0.6) is 0 Å². The third-order valence-corrected chi connectivity index (χ3v) is 2.86. The SMILES string of the molecule is CN(C)c1nc(NN)nc(Sc2ccncc2)n1. The number of nitrogens with zero attached hydrogens (tertiary/aromatic N) is 5. The fourth-order valence-corrected chi connectivity index (χ4v) is 1.90. The zero-order valence-corrected chi connectivity index (χ0v) is 10.8. The molecule has 0 unspecified atom stereocenters. The lowest BCUT2D eigenvalue weighted by Crippen LogP contribution is -2.17. The van der Waals surface area contributed by atoms with Crippen molar-refractivity contribution in [2.45, 2.75) is 10.1 Å². The van der Waals surface area contributed by atoms with Crippen LogP contribution in [0.1, 0.15) is 0 Å². The standard InChI is InChI=1S/C10H13N7S/c1-17(2)9-13-8(16-11)14-10(15-9)18-7-3-5-12-6-4-7/h3-6H,11H2,1-2H3,(H,13,14,15,16). The molecule has 7 nitrogen and oxygen atoms in total. The zero-order valence-electron chi connectivity index (χ0n) is 10.0. The van der Waals surface area contributed by atoms with Gasteiger partial charge in [-0.1, -0.05) is 0 Å². The van der Waals surface area contributed by atoms with Gasteiger partial charge in [-0.2, -0.15) is 15.0 Å². The molecular formula is C10H13N7S. The molecule has 0 saturated heterocycles. The highest BCUT2D eigenvalue weighted by molar-refractivity contribution is 7.99. The van der Waals surface area contributed by atoms with Gasteiger partial charge in [0.05, 0.1) is 0 Å². The Hall–Kier alpha value is -1.93. The lowest BCUT2D eigenvalue weighted by atomic mass is 10.5. The van der Waals surface area contributed by atoms with Crippen LogP contribution in [-0.4, -0.2) is 34.0 Å². The molecule has 2 rings (SSSR count). The van der Waals surface area contributed by atoms with Crippen molar-refractivity contribution in [1.82, 2.24) is 19.9 Å². The zero-order chi connectivity index (χ0) is 13.0. The van der Waals surface area contributed by atoms with Crippen LogP contribution in [0.4, 0.5) is 11.9 Å². The Bertz CT molecular complexity index is 517. The van der Waals surface area contributed by atoms with Crippen LogP contribution >= 0.6 is 11.8 Å². The van der Waals surface area contributed by atoms with E-state index in [0.29, 0.717) is 17.1 Å². The van der Waals surface area contributed by atoms with E-state index in [0.717, 1.165) is 4.90 Å².